The summed E-state index contributed by atoms with van der Waals surface area (Å²) in [5.74, 6) is -0.837. The molecule has 2 unspecified atom stereocenters. The minimum atomic E-state index is -1.59. The Hall–Kier alpha value is -1.56. The fourth-order valence-electron chi connectivity index (χ4n) is 7.37. The van der Waals surface area contributed by atoms with Gasteiger partial charge in [-0.25, -0.2) is 0 Å². The molecule has 0 aliphatic carbocycles. The summed E-state index contributed by atoms with van der Waals surface area (Å²) in [6, 6.07) is 0. The number of esters is 2. The number of carbonyl (C=O) groups is 2. The maximum Gasteiger partial charge on any atom is 0.306 e. The van der Waals surface area contributed by atoms with Crippen molar-refractivity contribution in [3.05, 3.63) is 12.2 Å². The zero-order valence-electron chi connectivity index (χ0n) is 36.6. The number of carbonyl (C=O) groups excluding carboxylic acids is 2. The number of rotatable bonds is 40. The summed E-state index contributed by atoms with van der Waals surface area (Å²) >= 11 is 0. The lowest BCUT2D eigenvalue weighted by atomic mass is 9.99. The van der Waals surface area contributed by atoms with Crippen LogP contribution in [0.15, 0.2) is 12.2 Å². The van der Waals surface area contributed by atoms with Crippen molar-refractivity contribution >= 4 is 11.9 Å². The molecule has 6 atom stereocenters. The maximum absolute atomic E-state index is 12.7. The van der Waals surface area contributed by atoms with Gasteiger partial charge in [0.1, 0.15) is 31.0 Å². The second-order valence-electron chi connectivity index (χ2n) is 16.6. The molecule has 1 saturated heterocycles. The Labute approximate surface area is 348 Å². The van der Waals surface area contributed by atoms with E-state index in [1.54, 1.807) is 0 Å². The van der Waals surface area contributed by atoms with Crippen molar-refractivity contribution in [3.63, 3.8) is 0 Å². The van der Waals surface area contributed by atoms with Gasteiger partial charge in [0.15, 0.2) is 12.4 Å². The molecule has 10 nitrogen and oxygen atoms in total. The summed E-state index contributed by atoms with van der Waals surface area (Å²) in [6.45, 7) is 3.40. The minimum Gasteiger partial charge on any atom is -0.462 e. The van der Waals surface area contributed by atoms with Crippen molar-refractivity contribution in [1.29, 1.82) is 0 Å². The third-order valence-electron chi connectivity index (χ3n) is 11.2. The Balaban J connectivity index is 2.23. The van der Waals surface area contributed by atoms with E-state index in [0.29, 0.717) is 6.42 Å². The molecular formula is C47H88O10. The quantitative estimate of drug-likeness (QED) is 0.0267. The molecule has 1 aliphatic rings. The first-order valence-corrected chi connectivity index (χ1v) is 23.8. The molecule has 1 rings (SSSR count). The summed E-state index contributed by atoms with van der Waals surface area (Å²) in [7, 11) is 0. The molecule has 0 aromatic rings. The third-order valence-corrected chi connectivity index (χ3v) is 11.2. The van der Waals surface area contributed by atoms with Crippen LogP contribution in [-0.2, 0) is 28.5 Å². The van der Waals surface area contributed by atoms with Gasteiger partial charge in [-0.15, -0.1) is 0 Å². The molecule has 0 saturated carbocycles. The zero-order valence-corrected chi connectivity index (χ0v) is 36.6. The second kappa shape index (κ2) is 38.6. The molecule has 0 amide bonds. The van der Waals surface area contributed by atoms with Gasteiger partial charge in [-0.3, -0.25) is 9.59 Å². The Bertz CT molecular complexity index is 943. The van der Waals surface area contributed by atoms with Gasteiger partial charge in [0.05, 0.1) is 13.2 Å². The van der Waals surface area contributed by atoms with Gasteiger partial charge in [-0.2, -0.15) is 0 Å². The Morgan fingerprint density at radius 3 is 1.42 bits per heavy atom. The lowest BCUT2D eigenvalue weighted by molar-refractivity contribution is -0.305. The zero-order chi connectivity index (χ0) is 41.6. The minimum absolute atomic E-state index is 0.187. The molecule has 1 fully saturated rings. The molecule has 0 spiro atoms. The van der Waals surface area contributed by atoms with Crippen LogP contribution >= 0.6 is 0 Å². The number of aliphatic hydroxyl groups excluding tert-OH is 4. The highest BCUT2D eigenvalue weighted by Crippen LogP contribution is 2.23. The molecular weight excluding hydrogens is 725 g/mol. The molecule has 4 N–H and O–H groups in total. The molecule has 1 heterocycles. The van der Waals surface area contributed by atoms with Crippen molar-refractivity contribution in [2.75, 3.05) is 19.8 Å². The van der Waals surface area contributed by atoms with Crippen LogP contribution in [0.4, 0.5) is 0 Å². The molecule has 1 aliphatic heterocycles. The summed E-state index contributed by atoms with van der Waals surface area (Å²) in [5.41, 5.74) is 0. The highest BCUT2D eigenvalue weighted by molar-refractivity contribution is 5.70. The lowest BCUT2D eigenvalue weighted by Gasteiger charge is -2.39. The third kappa shape index (κ3) is 30.2. The molecule has 10 heteroatoms. The van der Waals surface area contributed by atoms with Crippen molar-refractivity contribution in [2.45, 2.75) is 256 Å². The van der Waals surface area contributed by atoms with Crippen LogP contribution in [0, 0.1) is 0 Å². The topological polar surface area (TPSA) is 152 Å². The van der Waals surface area contributed by atoms with E-state index in [9.17, 15) is 30.0 Å². The summed E-state index contributed by atoms with van der Waals surface area (Å²) in [4.78, 5) is 25.2. The van der Waals surface area contributed by atoms with E-state index in [0.717, 1.165) is 32.1 Å². The number of allylic oxidation sites excluding steroid dienone is 2. The normalized spacial score (nSPS) is 20.3. The standard InChI is InChI=1S/C47H88O10/c1-3-5-7-9-11-13-14-15-16-17-18-19-20-21-22-23-24-25-26-28-30-32-34-36-43(50)56-40(39-55-47-46(53)45(52)44(51)41(37-48)57-47)38-54-42(49)35-33-31-29-27-12-10-8-6-4-2/h28,30,40-41,44-48,51-53H,3-27,29,31-39H2,1-2H3/b30-28+/t40-,41-,44+,45?,46?,47-/m1/s1. The SMILES string of the molecule is CCCCCCCCCCCCCCCCCCCC/C=C/CCCC(=O)O[C@H](COC(=O)CCCCCCCCCCC)CO[C@@H]1O[C@H](CO)[C@H](O)C(O)C1O. The first kappa shape index (κ1) is 53.5. The van der Waals surface area contributed by atoms with Crippen LogP contribution in [-0.4, -0.2) is 89.0 Å². The van der Waals surface area contributed by atoms with E-state index in [2.05, 4.69) is 26.0 Å². The Morgan fingerprint density at radius 2 is 0.947 bits per heavy atom. The van der Waals surface area contributed by atoms with Crippen LogP contribution < -0.4 is 0 Å². The number of unbranched alkanes of at least 4 members (excludes halogenated alkanes) is 27. The van der Waals surface area contributed by atoms with Gasteiger partial charge in [0.25, 0.3) is 0 Å². The number of ether oxygens (including phenoxy) is 4. The van der Waals surface area contributed by atoms with E-state index in [1.807, 2.05) is 0 Å². The number of aliphatic hydroxyl groups is 4. The highest BCUT2D eigenvalue weighted by atomic mass is 16.7. The van der Waals surface area contributed by atoms with Gasteiger partial charge in [0, 0.05) is 12.8 Å². The molecule has 57 heavy (non-hydrogen) atoms. The largest absolute Gasteiger partial charge is 0.462 e. The van der Waals surface area contributed by atoms with E-state index >= 15 is 0 Å². The van der Waals surface area contributed by atoms with Crippen LogP contribution in [0.1, 0.15) is 219 Å². The summed E-state index contributed by atoms with van der Waals surface area (Å²) in [6.07, 6.45) is 33.9. The van der Waals surface area contributed by atoms with Crippen LogP contribution in [0.3, 0.4) is 0 Å². The van der Waals surface area contributed by atoms with E-state index < -0.39 is 49.4 Å². The number of hydrogen-bond acceptors (Lipinski definition) is 10. The van der Waals surface area contributed by atoms with Crippen molar-refractivity contribution in [1.82, 2.24) is 0 Å². The van der Waals surface area contributed by atoms with Gasteiger partial charge in [0.2, 0.25) is 0 Å². The predicted molar refractivity (Wildman–Crippen MR) is 229 cm³/mol. The van der Waals surface area contributed by atoms with Crippen molar-refractivity contribution in [2.24, 2.45) is 0 Å². The van der Waals surface area contributed by atoms with Gasteiger partial charge in [-0.05, 0) is 32.1 Å². The lowest BCUT2D eigenvalue weighted by Crippen LogP contribution is -2.59. The smallest absolute Gasteiger partial charge is 0.306 e. The molecule has 0 aromatic carbocycles. The van der Waals surface area contributed by atoms with Crippen LogP contribution in [0.2, 0.25) is 0 Å². The molecule has 0 bridgehead atoms. The maximum atomic E-state index is 12.7. The highest BCUT2D eigenvalue weighted by Gasteiger charge is 2.44. The van der Waals surface area contributed by atoms with Crippen molar-refractivity contribution < 1.29 is 49.0 Å². The fraction of sp³-hybridized carbons (Fsp3) is 0.915. The van der Waals surface area contributed by atoms with Gasteiger partial charge >= 0.3 is 11.9 Å². The van der Waals surface area contributed by atoms with E-state index in [-0.39, 0.29) is 32.0 Å². The molecule has 0 radical (unpaired) electrons. The first-order valence-electron chi connectivity index (χ1n) is 23.8. The average molecular weight is 813 g/mol. The van der Waals surface area contributed by atoms with E-state index in [1.165, 1.54) is 154 Å². The second-order valence-corrected chi connectivity index (χ2v) is 16.6. The van der Waals surface area contributed by atoms with E-state index in [4.69, 9.17) is 18.9 Å². The molecule has 336 valence electrons. The van der Waals surface area contributed by atoms with Gasteiger partial charge in [-0.1, -0.05) is 187 Å². The summed E-state index contributed by atoms with van der Waals surface area (Å²) < 4.78 is 22.1. The first-order chi connectivity index (χ1) is 27.8. The Kier molecular flexibility index (Phi) is 36.2. The van der Waals surface area contributed by atoms with Crippen molar-refractivity contribution in [3.8, 4) is 0 Å². The van der Waals surface area contributed by atoms with Crippen LogP contribution in [0.5, 0.6) is 0 Å². The van der Waals surface area contributed by atoms with Crippen LogP contribution in [0.25, 0.3) is 0 Å². The molecule has 0 aromatic heterocycles. The number of hydrogen-bond donors (Lipinski definition) is 4. The summed E-state index contributed by atoms with van der Waals surface area (Å²) in [5, 5.41) is 40.0. The fourth-order valence-corrected chi connectivity index (χ4v) is 7.37. The average Bonchev–Trinajstić information content (AvgIpc) is 3.21. The Morgan fingerprint density at radius 1 is 0.526 bits per heavy atom. The monoisotopic (exact) mass is 813 g/mol. The van der Waals surface area contributed by atoms with Gasteiger partial charge < -0.3 is 39.4 Å². The predicted octanol–water partition coefficient (Wildman–Crippen LogP) is 10.3.